The van der Waals surface area contributed by atoms with E-state index >= 15 is 0 Å². The number of hydrogen-bond acceptors (Lipinski definition) is 6. The molecule has 0 spiro atoms. The number of nitrogens with zero attached hydrogens (tertiary/aromatic N) is 3. The minimum absolute atomic E-state index is 0.190. The lowest BCUT2D eigenvalue weighted by Crippen LogP contribution is -2.07. The van der Waals surface area contributed by atoms with Crippen LogP contribution in [0.5, 0.6) is 5.88 Å². The Hall–Kier alpha value is -2.20. The molecule has 0 saturated heterocycles. The van der Waals surface area contributed by atoms with Gasteiger partial charge in [-0.1, -0.05) is 0 Å². The molecule has 84 valence electrons. The van der Waals surface area contributed by atoms with Crippen LogP contribution in [0.4, 0.5) is 5.69 Å². The third-order valence-electron chi connectivity index (χ3n) is 1.75. The summed E-state index contributed by atoms with van der Waals surface area (Å²) >= 11 is 0. The zero-order chi connectivity index (χ0) is 12.0. The molecular weight excluding hydrogens is 212 g/mol. The molecular formula is C9H10N4O3. The average molecular weight is 222 g/mol. The van der Waals surface area contributed by atoms with Gasteiger partial charge in [0.2, 0.25) is 11.6 Å². The summed E-state index contributed by atoms with van der Waals surface area (Å²) in [6.45, 7) is 0.851. The van der Waals surface area contributed by atoms with Crippen molar-refractivity contribution in [3.63, 3.8) is 0 Å². The van der Waals surface area contributed by atoms with Crippen LogP contribution in [0.1, 0.15) is 12.1 Å². The molecule has 0 aliphatic carbocycles. The molecule has 1 aromatic rings. The summed E-state index contributed by atoms with van der Waals surface area (Å²) in [7, 11) is 0. The Balaban J connectivity index is 2.84. The van der Waals surface area contributed by atoms with Gasteiger partial charge in [-0.3, -0.25) is 10.1 Å². The average Bonchev–Trinajstić information content (AvgIpc) is 2.29. The van der Waals surface area contributed by atoms with Gasteiger partial charge in [0.25, 0.3) is 0 Å². The highest BCUT2D eigenvalue weighted by Crippen LogP contribution is 2.19. The van der Waals surface area contributed by atoms with Crippen LogP contribution in [0, 0.1) is 21.4 Å². The van der Waals surface area contributed by atoms with E-state index in [1.165, 1.54) is 12.1 Å². The lowest BCUT2D eigenvalue weighted by atomic mass is 10.3. The van der Waals surface area contributed by atoms with E-state index in [9.17, 15) is 10.1 Å². The molecule has 0 aromatic carbocycles. The zero-order valence-corrected chi connectivity index (χ0v) is 8.42. The number of nitriles is 1. The number of nitro groups is 1. The molecule has 0 amide bonds. The van der Waals surface area contributed by atoms with Gasteiger partial charge in [-0.25, -0.2) is 0 Å². The smallest absolute Gasteiger partial charge is 0.305 e. The molecule has 1 heterocycles. The maximum Gasteiger partial charge on any atom is 0.305 e. The predicted octanol–water partition coefficient (Wildman–Crippen LogP) is 0.589. The molecule has 0 unspecified atom stereocenters. The summed E-state index contributed by atoms with van der Waals surface area (Å²) in [5, 5.41) is 19.2. The summed E-state index contributed by atoms with van der Waals surface area (Å²) in [5.41, 5.74) is 4.69. The van der Waals surface area contributed by atoms with E-state index in [2.05, 4.69) is 4.98 Å². The van der Waals surface area contributed by atoms with Gasteiger partial charge >= 0.3 is 5.69 Å². The van der Waals surface area contributed by atoms with Gasteiger partial charge < -0.3 is 10.5 Å². The van der Waals surface area contributed by atoms with E-state index in [0.29, 0.717) is 19.6 Å². The van der Waals surface area contributed by atoms with Crippen molar-refractivity contribution in [3.8, 4) is 11.9 Å². The fourth-order valence-corrected chi connectivity index (χ4v) is 1.00. The van der Waals surface area contributed by atoms with Crippen LogP contribution in [-0.4, -0.2) is 23.1 Å². The Morgan fingerprint density at radius 2 is 2.38 bits per heavy atom. The second-order valence-electron chi connectivity index (χ2n) is 2.88. The Labute approximate surface area is 91.6 Å². The molecule has 0 bridgehead atoms. The second-order valence-corrected chi connectivity index (χ2v) is 2.88. The van der Waals surface area contributed by atoms with Crippen molar-refractivity contribution in [3.05, 3.63) is 27.9 Å². The maximum atomic E-state index is 10.5. The summed E-state index contributed by atoms with van der Waals surface area (Å²) in [6, 6.07) is 4.20. The number of hydrogen-bond donors (Lipinski definition) is 1. The molecule has 16 heavy (non-hydrogen) atoms. The van der Waals surface area contributed by atoms with Gasteiger partial charge in [-0.2, -0.15) is 10.2 Å². The first kappa shape index (κ1) is 11.9. The van der Waals surface area contributed by atoms with Crippen molar-refractivity contribution in [2.45, 2.75) is 6.42 Å². The summed E-state index contributed by atoms with van der Waals surface area (Å²) in [4.78, 5) is 13.6. The Kier molecular flexibility index (Phi) is 4.17. The van der Waals surface area contributed by atoms with Crippen molar-refractivity contribution >= 4 is 5.69 Å². The standard InChI is InChI=1S/C9H10N4O3/c10-4-1-5-16-9-3-2-8(13(14)15)7(6-11)12-9/h2-3H,1,4-5,10H2. The lowest BCUT2D eigenvalue weighted by molar-refractivity contribution is -0.385. The normalized spacial score (nSPS) is 9.50. The van der Waals surface area contributed by atoms with Crippen LogP contribution in [0.2, 0.25) is 0 Å². The maximum absolute atomic E-state index is 10.5. The van der Waals surface area contributed by atoms with Crippen LogP contribution in [0.3, 0.4) is 0 Å². The predicted molar refractivity (Wildman–Crippen MR) is 54.8 cm³/mol. The van der Waals surface area contributed by atoms with Crippen LogP contribution in [0.15, 0.2) is 12.1 Å². The minimum atomic E-state index is -0.658. The van der Waals surface area contributed by atoms with Crippen LogP contribution < -0.4 is 10.5 Å². The Morgan fingerprint density at radius 3 is 2.94 bits per heavy atom. The van der Waals surface area contributed by atoms with Crippen LogP contribution in [-0.2, 0) is 0 Å². The van der Waals surface area contributed by atoms with Gasteiger partial charge in [-0.05, 0) is 13.0 Å². The van der Waals surface area contributed by atoms with Crippen LogP contribution in [0.25, 0.3) is 0 Å². The number of rotatable bonds is 5. The van der Waals surface area contributed by atoms with Gasteiger partial charge in [0.1, 0.15) is 6.07 Å². The van der Waals surface area contributed by atoms with Crippen molar-refractivity contribution in [2.75, 3.05) is 13.2 Å². The van der Waals surface area contributed by atoms with E-state index in [0.717, 1.165) is 0 Å². The highest BCUT2D eigenvalue weighted by Gasteiger charge is 2.15. The van der Waals surface area contributed by atoms with Crippen LogP contribution >= 0.6 is 0 Å². The molecule has 0 saturated carbocycles. The van der Waals surface area contributed by atoms with Gasteiger partial charge in [0.15, 0.2) is 0 Å². The van der Waals surface area contributed by atoms with Gasteiger partial charge in [0, 0.05) is 12.1 Å². The molecule has 2 N–H and O–H groups in total. The zero-order valence-electron chi connectivity index (χ0n) is 8.42. The Morgan fingerprint density at radius 1 is 1.62 bits per heavy atom. The van der Waals surface area contributed by atoms with Gasteiger partial charge in [-0.15, -0.1) is 0 Å². The lowest BCUT2D eigenvalue weighted by Gasteiger charge is -2.03. The Bertz CT molecular complexity index is 427. The molecule has 0 radical (unpaired) electrons. The third-order valence-corrected chi connectivity index (χ3v) is 1.75. The molecule has 7 heteroatoms. The first-order valence-electron chi connectivity index (χ1n) is 4.57. The molecule has 1 aromatic heterocycles. The van der Waals surface area contributed by atoms with E-state index in [1.807, 2.05) is 0 Å². The van der Waals surface area contributed by atoms with E-state index in [1.54, 1.807) is 6.07 Å². The van der Waals surface area contributed by atoms with E-state index in [-0.39, 0.29) is 17.3 Å². The highest BCUT2D eigenvalue weighted by molar-refractivity contribution is 5.45. The number of pyridine rings is 1. The minimum Gasteiger partial charge on any atom is -0.478 e. The van der Waals surface area contributed by atoms with Crippen molar-refractivity contribution in [1.82, 2.24) is 4.98 Å². The summed E-state index contributed by atoms with van der Waals surface area (Å²) < 4.78 is 5.16. The first-order chi connectivity index (χ1) is 7.69. The molecule has 0 aliphatic rings. The molecule has 0 aliphatic heterocycles. The number of aromatic nitrogens is 1. The number of nitrogens with two attached hydrogens (primary N) is 1. The summed E-state index contributed by atoms with van der Waals surface area (Å²) in [5.74, 6) is 0.190. The van der Waals surface area contributed by atoms with E-state index in [4.69, 9.17) is 15.7 Å². The number of ether oxygens (including phenoxy) is 1. The topological polar surface area (TPSA) is 115 Å². The van der Waals surface area contributed by atoms with Gasteiger partial charge in [0.05, 0.1) is 11.5 Å². The quantitative estimate of drug-likeness (QED) is 0.442. The SMILES string of the molecule is N#Cc1nc(OCCCN)ccc1[N+](=O)[O-]. The van der Waals surface area contributed by atoms with E-state index < -0.39 is 4.92 Å². The second kappa shape index (κ2) is 5.63. The molecule has 1 rings (SSSR count). The third kappa shape index (κ3) is 2.90. The van der Waals surface area contributed by atoms with Crippen molar-refractivity contribution in [1.29, 1.82) is 5.26 Å². The molecule has 7 nitrogen and oxygen atoms in total. The largest absolute Gasteiger partial charge is 0.478 e. The fourth-order valence-electron chi connectivity index (χ4n) is 1.00. The highest BCUT2D eigenvalue weighted by atomic mass is 16.6. The molecule has 0 atom stereocenters. The molecule has 0 fully saturated rings. The van der Waals surface area contributed by atoms with Crippen molar-refractivity contribution < 1.29 is 9.66 Å². The first-order valence-corrected chi connectivity index (χ1v) is 4.57. The fraction of sp³-hybridized carbons (Fsp3) is 0.333. The summed E-state index contributed by atoms with van der Waals surface area (Å²) in [6.07, 6.45) is 0.653. The monoisotopic (exact) mass is 222 g/mol. The van der Waals surface area contributed by atoms with Crippen molar-refractivity contribution in [2.24, 2.45) is 5.73 Å².